The summed E-state index contributed by atoms with van der Waals surface area (Å²) in [6.07, 6.45) is 1.78. The fourth-order valence-corrected chi connectivity index (χ4v) is 2.38. The second-order valence-electron chi connectivity index (χ2n) is 5.24. The highest BCUT2D eigenvalue weighted by molar-refractivity contribution is 5.90. The number of carbonyl (C=O) groups is 1. The number of aromatic nitrogens is 2. The molecule has 4 N–H and O–H groups in total. The van der Waals surface area contributed by atoms with Gasteiger partial charge in [-0.05, 0) is 43.7 Å². The molecule has 0 spiro atoms. The number of rotatable bonds is 3. The molecule has 7 heteroatoms. The third kappa shape index (κ3) is 2.69. The highest BCUT2D eigenvalue weighted by atomic mass is 16.7. The lowest BCUT2D eigenvalue weighted by atomic mass is 10.3. The predicted molar refractivity (Wildman–Crippen MR) is 87.6 cm³/mol. The summed E-state index contributed by atoms with van der Waals surface area (Å²) in [5.41, 5.74) is 9.26. The topological polar surface area (TPSA) is 98.9 Å². The van der Waals surface area contributed by atoms with Gasteiger partial charge in [0.15, 0.2) is 5.69 Å². The number of hydrogen-bond donors (Lipinski definition) is 2. The Morgan fingerprint density at radius 3 is 2.74 bits per heavy atom. The van der Waals surface area contributed by atoms with Gasteiger partial charge in [0.2, 0.25) is 0 Å². The van der Waals surface area contributed by atoms with Gasteiger partial charge in [-0.25, -0.2) is 15.6 Å². The average Bonchev–Trinajstić information content (AvgIpc) is 2.82. The molecule has 23 heavy (non-hydrogen) atoms. The Balaban J connectivity index is 1.92. The summed E-state index contributed by atoms with van der Waals surface area (Å²) in [5, 5.41) is 0.866. The van der Waals surface area contributed by atoms with Crippen LogP contribution < -0.4 is 16.7 Å². The van der Waals surface area contributed by atoms with Crippen LogP contribution in [0.4, 0.5) is 11.4 Å². The molecular formula is C16H17N5O2. The smallest absolute Gasteiger partial charge is 0.383 e. The summed E-state index contributed by atoms with van der Waals surface area (Å²) < 4.78 is 1.67. The third-order valence-electron chi connectivity index (χ3n) is 3.50. The summed E-state index contributed by atoms with van der Waals surface area (Å²) in [6, 6.07) is 10.6. The fraction of sp³-hybridized carbons (Fsp3) is 0.125. The highest BCUT2D eigenvalue weighted by Crippen LogP contribution is 2.21. The molecule has 1 aromatic carbocycles. The summed E-state index contributed by atoms with van der Waals surface area (Å²) in [7, 11) is 0. The Labute approximate surface area is 133 Å². The van der Waals surface area contributed by atoms with E-state index < -0.39 is 5.97 Å². The molecule has 2 heterocycles. The molecule has 0 radical (unpaired) electrons. The Morgan fingerprint density at radius 1 is 1.26 bits per heavy atom. The Hall–Kier alpha value is -3.06. The van der Waals surface area contributed by atoms with Crippen molar-refractivity contribution in [1.82, 2.24) is 9.38 Å². The van der Waals surface area contributed by atoms with Crippen LogP contribution in [0.15, 0.2) is 42.6 Å². The largest absolute Gasteiger partial charge is 0.397 e. The standard InChI is InChI=1S/C16H17N5O2/c1-10-7-8-20-14(9-10)19-11(2)15(20)16(22)23-21(18)13-6-4-3-5-12(13)17/h3-9H,17-18H2,1-2H3. The molecule has 0 aliphatic heterocycles. The van der Waals surface area contributed by atoms with Gasteiger partial charge in [-0.3, -0.25) is 4.40 Å². The van der Waals surface area contributed by atoms with E-state index in [1.807, 2.05) is 19.1 Å². The van der Waals surface area contributed by atoms with E-state index >= 15 is 0 Å². The Bertz CT molecular complexity index is 887. The number of nitrogens with two attached hydrogens (primary N) is 2. The van der Waals surface area contributed by atoms with E-state index in [1.54, 1.807) is 41.8 Å². The van der Waals surface area contributed by atoms with Crippen LogP contribution in [0.5, 0.6) is 0 Å². The first-order chi connectivity index (χ1) is 11.0. The number of fused-ring (bicyclic) bond motifs is 1. The molecule has 0 unspecified atom stereocenters. The van der Waals surface area contributed by atoms with E-state index in [9.17, 15) is 4.79 Å². The van der Waals surface area contributed by atoms with Crippen LogP contribution >= 0.6 is 0 Å². The van der Waals surface area contributed by atoms with Crippen LogP contribution in [-0.2, 0) is 4.84 Å². The fourth-order valence-electron chi connectivity index (χ4n) is 2.38. The lowest BCUT2D eigenvalue weighted by Crippen LogP contribution is -2.34. The van der Waals surface area contributed by atoms with Crippen molar-refractivity contribution in [3.63, 3.8) is 0 Å². The van der Waals surface area contributed by atoms with Crippen molar-refractivity contribution >= 4 is 23.0 Å². The number of imidazole rings is 1. The van der Waals surface area contributed by atoms with Gasteiger partial charge < -0.3 is 10.6 Å². The van der Waals surface area contributed by atoms with Crippen molar-refractivity contribution < 1.29 is 9.63 Å². The third-order valence-corrected chi connectivity index (χ3v) is 3.50. The van der Waals surface area contributed by atoms with Crippen LogP contribution in [0.25, 0.3) is 5.65 Å². The van der Waals surface area contributed by atoms with Gasteiger partial charge in [0.05, 0.1) is 11.4 Å². The van der Waals surface area contributed by atoms with Crippen molar-refractivity contribution in [2.75, 3.05) is 10.9 Å². The zero-order valence-electron chi connectivity index (χ0n) is 12.9. The van der Waals surface area contributed by atoms with Crippen LogP contribution in [0, 0.1) is 13.8 Å². The van der Waals surface area contributed by atoms with Crippen molar-refractivity contribution in [2.24, 2.45) is 5.84 Å². The minimum atomic E-state index is -0.607. The number of benzene rings is 1. The molecule has 0 atom stereocenters. The molecule has 0 fully saturated rings. The van der Waals surface area contributed by atoms with Gasteiger partial charge in [0.1, 0.15) is 11.3 Å². The van der Waals surface area contributed by atoms with E-state index in [-0.39, 0.29) is 0 Å². The molecule has 3 aromatic rings. The number of aryl methyl sites for hydroxylation is 2. The summed E-state index contributed by atoms with van der Waals surface area (Å²) in [6.45, 7) is 3.71. The van der Waals surface area contributed by atoms with Crippen LogP contribution in [0.2, 0.25) is 0 Å². The number of nitrogen functional groups attached to an aromatic ring is 1. The summed E-state index contributed by atoms with van der Waals surface area (Å²) >= 11 is 0. The normalized spacial score (nSPS) is 10.7. The number of hydrogen-bond acceptors (Lipinski definition) is 6. The zero-order valence-corrected chi connectivity index (χ0v) is 12.9. The van der Waals surface area contributed by atoms with Gasteiger partial charge in [0, 0.05) is 6.20 Å². The first-order valence-electron chi connectivity index (χ1n) is 7.04. The molecule has 0 aliphatic carbocycles. The molecule has 2 aromatic heterocycles. The maximum Gasteiger partial charge on any atom is 0.383 e. The lowest BCUT2D eigenvalue weighted by molar-refractivity contribution is 0.0442. The van der Waals surface area contributed by atoms with Crippen molar-refractivity contribution in [3.8, 4) is 0 Å². The van der Waals surface area contributed by atoms with E-state index in [4.69, 9.17) is 16.4 Å². The molecular weight excluding hydrogens is 294 g/mol. The number of nitrogens with zero attached hydrogens (tertiary/aromatic N) is 3. The number of pyridine rings is 1. The average molecular weight is 311 g/mol. The lowest BCUT2D eigenvalue weighted by Gasteiger charge is -2.18. The first kappa shape index (κ1) is 14.9. The maximum absolute atomic E-state index is 12.5. The molecule has 0 saturated heterocycles. The minimum Gasteiger partial charge on any atom is -0.397 e. The van der Waals surface area contributed by atoms with Crippen LogP contribution in [-0.4, -0.2) is 15.4 Å². The monoisotopic (exact) mass is 311 g/mol. The summed E-state index contributed by atoms with van der Waals surface area (Å²) in [4.78, 5) is 22.1. The van der Waals surface area contributed by atoms with Crippen LogP contribution in [0.1, 0.15) is 21.7 Å². The van der Waals surface area contributed by atoms with E-state index in [1.165, 1.54) is 0 Å². The zero-order chi connectivity index (χ0) is 16.6. The van der Waals surface area contributed by atoms with E-state index in [0.29, 0.717) is 28.4 Å². The molecule has 0 bridgehead atoms. The second kappa shape index (κ2) is 5.62. The molecule has 3 rings (SSSR count). The number of anilines is 2. The van der Waals surface area contributed by atoms with Crippen molar-refractivity contribution in [2.45, 2.75) is 13.8 Å². The highest BCUT2D eigenvalue weighted by Gasteiger charge is 2.21. The van der Waals surface area contributed by atoms with Gasteiger partial charge >= 0.3 is 5.97 Å². The number of hydrazine groups is 1. The number of para-hydroxylation sites is 2. The molecule has 0 aliphatic rings. The van der Waals surface area contributed by atoms with Gasteiger partial charge in [0.25, 0.3) is 0 Å². The van der Waals surface area contributed by atoms with Gasteiger partial charge in [-0.1, -0.05) is 12.1 Å². The molecule has 0 saturated carbocycles. The Morgan fingerprint density at radius 2 is 2.00 bits per heavy atom. The van der Waals surface area contributed by atoms with Gasteiger partial charge in [-0.2, -0.15) is 0 Å². The van der Waals surface area contributed by atoms with Gasteiger partial charge in [-0.15, -0.1) is 5.17 Å². The van der Waals surface area contributed by atoms with E-state index in [2.05, 4.69) is 4.98 Å². The van der Waals surface area contributed by atoms with Crippen LogP contribution in [0.3, 0.4) is 0 Å². The second-order valence-corrected chi connectivity index (χ2v) is 5.24. The van der Waals surface area contributed by atoms with Crippen molar-refractivity contribution in [1.29, 1.82) is 0 Å². The minimum absolute atomic E-state index is 0.324. The predicted octanol–water partition coefficient (Wildman–Crippen LogP) is 1.99. The summed E-state index contributed by atoms with van der Waals surface area (Å²) in [5.74, 6) is 5.19. The molecule has 118 valence electrons. The number of carbonyl (C=O) groups excluding carboxylic acids is 1. The SMILES string of the molecule is Cc1ccn2c(C(=O)ON(N)c3ccccc3N)c(C)nc2c1. The maximum atomic E-state index is 12.5. The molecule has 7 nitrogen and oxygen atoms in total. The van der Waals surface area contributed by atoms with Crippen molar-refractivity contribution in [3.05, 3.63) is 59.5 Å². The van der Waals surface area contributed by atoms with E-state index in [0.717, 1.165) is 10.7 Å². The quantitative estimate of drug-likeness (QED) is 0.436. The molecule has 0 amide bonds. The first-order valence-corrected chi connectivity index (χ1v) is 7.04. The Kier molecular flexibility index (Phi) is 3.63.